The molecule has 0 saturated carbocycles. The van der Waals surface area contributed by atoms with E-state index in [1.165, 1.54) is 10.8 Å². The highest BCUT2D eigenvalue weighted by atomic mass is 16.3. The van der Waals surface area contributed by atoms with Gasteiger partial charge in [-0.05, 0) is 36.4 Å². The minimum Gasteiger partial charge on any atom is -0.456 e. The van der Waals surface area contributed by atoms with E-state index in [1.54, 1.807) is 0 Å². The second kappa shape index (κ2) is 11.5. The molecule has 0 aliphatic heterocycles. The topological polar surface area (TPSA) is 69.9 Å². The molecule has 12 aromatic rings. The Morgan fingerprint density at radius 1 is 0.364 bits per heavy atom. The minimum atomic E-state index is 0.585. The van der Waals surface area contributed by atoms with Gasteiger partial charge in [0.05, 0.1) is 16.7 Å². The molecule has 0 saturated heterocycles. The monoisotopic (exact) mass is 704 g/mol. The molecule has 0 N–H and O–H groups in total. The fourth-order valence-electron chi connectivity index (χ4n) is 8.46. The third-order valence-corrected chi connectivity index (χ3v) is 10.8. The fraction of sp³-hybridized carbons (Fsp3) is 0. The fourth-order valence-corrected chi connectivity index (χ4v) is 8.46. The maximum Gasteiger partial charge on any atom is 0.164 e. The van der Waals surface area contributed by atoms with Crippen LogP contribution < -0.4 is 0 Å². The number of para-hydroxylation sites is 2. The van der Waals surface area contributed by atoms with Crippen molar-refractivity contribution >= 4 is 76.5 Å². The highest BCUT2D eigenvalue weighted by Crippen LogP contribution is 2.45. The molecule has 0 aliphatic rings. The van der Waals surface area contributed by atoms with Crippen LogP contribution in [0.5, 0.6) is 0 Å². The van der Waals surface area contributed by atoms with Gasteiger partial charge in [0, 0.05) is 59.8 Å². The Bertz CT molecular complexity index is 3430. The van der Waals surface area contributed by atoms with E-state index in [2.05, 4.69) is 89.5 Å². The first-order chi connectivity index (χ1) is 27.3. The van der Waals surface area contributed by atoms with Crippen molar-refractivity contribution in [2.24, 2.45) is 0 Å². The number of aromatic nitrogens is 4. The Labute approximate surface area is 313 Å². The summed E-state index contributed by atoms with van der Waals surface area (Å²) < 4.78 is 15.6. The number of nitrogens with zero attached hydrogens (tertiary/aromatic N) is 4. The summed E-state index contributed by atoms with van der Waals surface area (Å²) in [7, 11) is 0. The van der Waals surface area contributed by atoms with E-state index >= 15 is 0 Å². The van der Waals surface area contributed by atoms with Gasteiger partial charge >= 0.3 is 0 Å². The standard InChI is InChI=1S/C49H28N4O2/c1-3-14-29(15-4-1)47-50-48(30-16-5-2-6-17-30)52-49(51-47)35-22-13-25-41-43(35)36-28-39(31-18-7-8-19-32(31)46(36)55-41)53-37-23-11-9-20-33(37)44-38(53)26-27-42-45(44)34-21-10-12-24-40(34)54-42/h1-28H. The van der Waals surface area contributed by atoms with Gasteiger partial charge in [0.15, 0.2) is 17.5 Å². The number of benzene rings is 8. The molecule has 0 amide bonds. The zero-order chi connectivity index (χ0) is 36.0. The molecule has 0 spiro atoms. The van der Waals surface area contributed by atoms with Crippen LogP contribution in [0.15, 0.2) is 179 Å². The van der Waals surface area contributed by atoms with Crippen LogP contribution in [0.4, 0.5) is 0 Å². The molecule has 0 radical (unpaired) electrons. The molecule has 0 bridgehead atoms. The number of hydrogen-bond acceptors (Lipinski definition) is 5. The van der Waals surface area contributed by atoms with E-state index in [0.717, 1.165) is 88.1 Å². The third kappa shape index (κ3) is 4.39. The summed E-state index contributed by atoms with van der Waals surface area (Å²) in [4.78, 5) is 15.2. The van der Waals surface area contributed by atoms with Crippen LogP contribution in [-0.2, 0) is 0 Å². The Morgan fingerprint density at radius 2 is 0.964 bits per heavy atom. The molecular formula is C49H28N4O2. The van der Waals surface area contributed by atoms with Gasteiger partial charge in [0.2, 0.25) is 0 Å². The van der Waals surface area contributed by atoms with Crippen molar-refractivity contribution in [2.45, 2.75) is 0 Å². The summed E-state index contributed by atoms with van der Waals surface area (Å²) in [6, 6.07) is 58.4. The van der Waals surface area contributed by atoms with Gasteiger partial charge < -0.3 is 13.4 Å². The van der Waals surface area contributed by atoms with Crippen LogP contribution in [0, 0.1) is 0 Å². The van der Waals surface area contributed by atoms with Crippen LogP contribution in [0.1, 0.15) is 0 Å². The number of hydrogen-bond donors (Lipinski definition) is 0. The van der Waals surface area contributed by atoms with E-state index in [-0.39, 0.29) is 0 Å². The Kier molecular flexibility index (Phi) is 6.24. The lowest BCUT2D eigenvalue weighted by molar-refractivity contribution is 0.669. The van der Waals surface area contributed by atoms with Crippen LogP contribution in [-0.4, -0.2) is 19.5 Å². The second-order valence-electron chi connectivity index (χ2n) is 13.9. The molecular weight excluding hydrogens is 677 g/mol. The van der Waals surface area contributed by atoms with Gasteiger partial charge in [-0.15, -0.1) is 0 Å². The van der Waals surface area contributed by atoms with Crippen LogP contribution in [0.25, 0.3) is 116 Å². The van der Waals surface area contributed by atoms with E-state index in [0.29, 0.717) is 17.5 Å². The average molecular weight is 705 g/mol. The first kappa shape index (κ1) is 29.9. The molecule has 0 atom stereocenters. The minimum absolute atomic E-state index is 0.585. The summed E-state index contributed by atoms with van der Waals surface area (Å²) in [5.41, 5.74) is 9.37. The van der Waals surface area contributed by atoms with E-state index in [4.69, 9.17) is 23.8 Å². The number of rotatable bonds is 4. The van der Waals surface area contributed by atoms with Crippen molar-refractivity contribution < 1.29 is 8.83 Å². The SMILES string of the molecule is c1ccc(-c2nc(-c3ccccc3)nc(-c3cccc4oc5c6ccccc6c(-n6c7ccccc7c7c8c(ccc76)oc6ccccc68)cc5c34)n2)cc1. The first-order valence-corrected chi connectivity index (χ1v) is 18.4. The van der Waals surface area contributed by atoms with E-state index < -0.39 is 0 Å². The summed E-state index contributed by atoms with van der Waals surface area (Å²) in [6.07, 6.45) is 0. The second-order valence-corrected chi connectivity index (χ2v) is 13.9. The average Bonchev–Trinajstić information content (AvgIpc) is 3.93. The molecule has 55 heavy (non-hydrogen) atoms. The predicted molar refractivity (Wildman–Crippen MR) is 223 cm³/mol. The molecule has 0 fully saturated rings. The highest BCUT2D eigenvalue weighted by molar-refractivity contribution is 6.28. The first-order valence-electron chi connectivity index (χ1n) is 18.4. The van der Waals surface area contributed by atoms with Gasteiger partial charge in [0.1, 0.15) is 22.3 Å². The van der Waals surface area contributed by atoms with Crippen LogP contribution >= 0.6 is 0 Å². The van der Waals surface area contributed by atoms with Crippen molar-refractivity contribution in [3.8, 4) is 39.9 Å². The number of furan rings is 2. The van der Waals surface area contributed by atoms with Crippen LogP contribution in [0.2, 0.25) is 0 Å². The summed E-state index contributed by atoms with van der Waals surface area (Å²) in [5, 5.41) is 8.65. The zero-order valence-corrected chi connectivity index (χ0v) is 29.3. The maximum atomic E-state index is 6.81. The van der Waals surface area contributed by atoms with Gasteiger partial charge in [0.25, 0.3) is 0 Å². The quantitative estimate of drug-likeness (QED) is 0.182. The predicted octanol–water partition coefficient (Wildman–Crippen LogP) is 12.9. The van der Waals surface area contributed by atoms with Crippen molar-refractivity contribution in [2.75, 3.05) is 0 Å². The molecule has 6 heteroatoms. The van der Waals surface area contributed by atoms with Crippen molar-refractivity contribution in [3.05, 3.63) is 170 Å². The highest BCUT2D eigenvalue weighted by Gasteiger charge is 2.23. The lowest BCUT2D eigenvalue weighted by atomic mass is 10.0. The Morgan fingerprint density at radius 3 is 1.73 bits per heavy atom. The summed E-state index contributed by atoms with van der Waals surface area (Å²) in [6.45, 7) is 0. The molecule has 12 rings (SSSR count). The van der Waals surface area contributed by atoms with Crippen LogP contribution in [0.3, 0.4) is 0 Å². The molecule has 8 aromatic carbocycles. The summed E-state index contributed by atoms with van der Waals surface area (Å²) >= 11 is 0. The summed E-state index contributed by atoms with van der Waals surface area (Å²) in [5.74, 6) is 1.81. The normalized spacial score (nSPS) is 12.0. The van der Waals surface area contributed by atoms with Gasteiger partial charge in [-0.1, -0.05) is 133 Å². The van der Waals surface area contributed by atoms with Crippen molar-refractivity contribution in [3.63, 3.8) is 0 Å². The third-order valence-electron chi connectivity index (χ3n) is 10.8. The molecule has 0 unspecified atom stereocenters. The van der Waals surface area contributed by atoms with E-state index in [9.17, 15) is 0 Å². The molecule has 4 aromatic heterocycles. The zero-order valence-electron chi connectivity index (χ0n) is 29.3. The largest absolute Gasteiger partial charge is 0.456 e. The molecule has 256 valence electrons. The molecule has 4 heterocycles. The van der Waals surface area contributed by atoms with Crippen molar-refractivity contribution in [1.29, 1.82) is 0 Å². The lowest BCUT2D eigenvalue weighted by Crippen LogP contribution is -2.00. The van der Waals surface area contributed by atoms with Gasteiger partial charge in [-0.25, -0.2) is 15.0 Å². The number of fused-ring (bicyclic) bond motifs is 12. The Balaban J connectivity index is 1.19. The van der Waals surface area contributed by atoms with Gasteiger partial charge in [-0.3, -0.25) is 0 Å². The molecule has 0 aliphatic carbocycles. The lowest BCUT2D eigenvalue weighted by Gasteiger charge is -2.13. The van der Waals surface area contributed by atoms with Crippen molar-refractivity contribution in [1.82, 2.24) is 19.5 Å². The smallest absolute Gasteiger partial charge is 0.164 e. The van der Waals surface area contributed by atoms with E-state index in [1.807, 2.05) is 84.9 Å². The molecule has 6 nitrogen and oxygen atoms in total. The Hall–Kier alpha value is -7.57. The van der Waals surface area contributed by atoms with Gasteiger partial charge in [-0.2, -0.15) is 0 Å². The maximum absolute atomic E-state index is 6.81.